The molecule has 0 aliphatic rings. The van der Waals surface area contributed by atoms with Gasteiger partial charge >= 0.3 is 0 Å². The van der Waals surface area contributed by atoms with Crippen LogP contribution in [0.1, 0.15) is 23.8 Å². The molecule has 0 radical (unpaired) electrons. The van der Waals surface area contributed by atoms with Crippen molar-refractivity contribution in [3.8, 4) is 6.07 Å². The maximum absolute atomic E-state index is 9.71. The molecular weight excluding hydrogens is 216 g/mol. The Hall–Kier alpha value is -1.15. The molecule has 0 aliphatic heterocycles. The average molecular weight is 227 g/mol. The molecule has 0 aromatic carbocycles. The molecule has 0 spiro atoms. The van der Waals surface area contributed by atoms with Gasteiger partial charge in [0, 0.05) is 12.1 Å². The maximum atomic E-state index is 9.71. The van der Waals surface area contributed by atoms with E-state index in [1.165, 1.54) is 6.20 Å². The van der Waals surface area contributed by atoms with Gasteiger partial charge in [0.15, 0.2) is 0 Å². The van der Waals surface area contributed by atoms with Crippen molar-refractivity contribution in [2.24, 2.45) is 0 Å². The summed E-state index contributed by atoms with van der Waals surface area (Å²) in [4.78, 5) is 3.88. The Balaban J connectivity index is 2.91. The number of nitriles is 1. The second-order valence-corrected chi connectivity index (χ2v) is 3.42. The molecule has 0 saturated carbocycles. The molecule has 2 unspecified atom stereocenters. The number of alkyl halides is 1. The van der Waals surface area contributed by atoms with E-state index >= 15 is 0 Å². The number of nitrogens with zero attached hydrogens (tertiary/aromatic N) is 2. The van der Waals surface area contributed by atoms with Crippen LogP contribution in [0.25, 0.3) is 0 Å². The van der Waals surface area contributed by atoms with Crippen molar-refractivity contribution in [2.75, 3.05) is 5.88 Å². The molecule has 0 saturated heterocycles. The summed E-state index contributed by atoms with van der Waals surface area (Å²) in [6.07, 6.45) is -0.444. The van der Waals surface area contributed by atoms with E-state index in [2.05, 4.69) is 4.98 Å². The molecular formula is C10H11ClN2O2. The zero-order valence-corrected chi connectivity index (χ0v) is 8.72. The molecule has 0 amide bonds. The van der Waals surface area contributed by atoms with Crippen LogP contribution in [-0.4, -0.2) is 27.2 Å². The van der Waals surface area contributed by atoms with Gasteiger partial charge in [-0.1, -0.05) is 0 Å². The summed E-state index contributed by atoms with van der Waals surface area (Å²) < 4.78 is 0. The van der Waals surface area contributed by atoms with Gasteiger partial charge < -0.3 is 10.2 Å². The number of pyridine rings is 1. The summed E-state index contributed by atoms with van der Waals surface area (Å²) >= 11 is 5.45. The fourth-order valence-corrected chi connectivity index (χ4v) is 1.42. The standard InChI is InChI=1S/C10H11ClN2O2/c11-4-3-8(14)10(15)9-7(6-12)2-1-5-13-9/h1-2,5,8,10,14-15H,3-4H2. The van der Waals surface area contributed by atoms with E-state index in [1.54, 1.807) is 12.1 Å². The third-order valence-corrected chi connectivity index (χ3v) is 2.23. The van der Waals surface area contributed by atoms with Gasteiger partial charge in [0.05, 0.1) is 17.4 Å². The van der Waals surface area contributed by atoms with Crippen molar-refractivity contribution in [1.82, 2.24) is 4.98 Å². The summed E-state index contributed by atoms with van der Waals surface area (Å²) in [5, 5.41) is 28.0. The van der Waals surface area contributed by atoms with Gasteiger partial charge in [-0.25, -0.2) is 0 Å². The summed E-state index contributed by atoms with van der Waals surface area (Å²) in [6, 6.07) is 5.05. The minimum Gasteiger partial charge on any atom is -0.390 e. The summed E-state index contributed by atoms with van der Waals surface area (Å²) in [5.74, 6) is 0.243. The predicted octanol–water partition coefficient (Wildman–Crippen LogP) is 0.976. The Labute approximate surface area is 92.8 Å². The van der Waals surface area contributed by atoms with Crippen molar-refractivity contribution >= 4 is 11.6 Å². The molecule has 0 bridgehead atoms. The van der Waals surface area contributed by atoms with Gasteiger partial charge in [-0.2, -0.15) is 5.26 Å². The first-order chi connectivity index (χ1) is 7.20. The SMILES string of the molecule is N#Cc1cccnc1C(O)C(O)CCCl. The lowest BCUT2D eigenvalue weighted by atomic mass is 10.0. The number of hydrogen-bond acceptors (Lipinski definition) is 4. The minimum atomic E-state index is -1.17. The molecule has 5 heteroatoms. The Morgan fingerprint density at radius 2 is 2.27 bits per heavy atom. The van der Waals surface area contributed by atoms with Crippen LogP contribution in [0.15, 0.2) is 18.3 Å². The highest BCUT2D eigenvalue weighted by Gasteiger charge is 2.21. The molecule has 15 heavy (non-hydrogen) atoms. The summed E-state index contributed by atoms with van der Waals surface area (Å²) in [5.41, 5.74) is 0.455. The number of aliphatic hydroxyl groups is 2. The average Bonchev–Trinajstić information content (AvgIpc) is 2.28. The fraction of sp³-hybridized carbons (Fsp3) is 0.400. The van der Waals surface area contributed by atoms with Crippen LogP contribution in [0.2, 0.25) is 0 Å². The Morgan fingerprint density at radius 1 is 1.53 bits per heavy atom. The maximum Gasteiger partial charge on any atom is 0.123 e. The van der Waals surface area contributed by atoms with Crippen molar-refractivity contribution in [3.63, 3.8) is 0 Å². The Morgan fingerprint density at radius 3 is 2.87 bits per heavy atom. The summed E-state index contributed by atoms with van der Waals surface area (Å²) in [6.45, 7) is 0. The largest absolute Gasteiger partial charge is 0.390 e. The first kappa shape index (κ1) is 11.9. The molecule has 0 fully saturated rings. The highest BCUT2D eigenvalue weighted by molar-refractivity contribution is 6.17. The number of hydrogen-bond donors (Lipinski definition) is 2. The lowest BCUT2D eigenvalue weighted by Gasteiger charge is -2.16. The lowest BCUT2D eigenvalue weighted by molar-refractivity contribution is 0.0143. The third-order valence-electron chi connectivity index (χ3n) is 2.01. The van der Waals surface area contributed by atoms with E-state index in [1.807, 2.05) is 6.07 Å². The van der Waals surface area contributed by atoms with Crippen LogP contribution in [0.5, 0.6) is 0 Å². The van der Waals surface area contributed by atoms with E-state index < -0.39 is 12.2 Å². The molecule has 1 aromatic heterocycles. The highest BCUT2D eigenvalue weighted by Crippen LogP contribution is 2.20. The number of rotatable bonds is 4. The second-order valence-electron chi connectivity index (χ2n) is 3.04. The van der Waals surface area contributed by atoms with E-state index in [4.69, 9.17) is 16.9 Å². The molecule has 80 valence electrons. The lowest BCUT2D eigenvalue weighted by Crippen LogP contribution is -2.20. The van der Waals surface area contributed by atoms with Gasteiger partial charge in [0.2, 0.25) is 0 Å². The van der Waals surface area contributed by atoms with Crippen LogP contribution in [-0.2, 0) is 0 Å². The molecule has 0 aliphatic carbocycles. The van der Waals surface area contributed by atoms with Crippen LogP contribution in [0.3, 0.4) is 0 Å². The third kappa shape index (κ3) is 2.90. The fourth-order valence-electron chi connectivity index (χ4n) is 1.20. The predicted molar refractivity (Wildman–Crippen MR) is 55.3 cm³/mol. The monoisotopic (exact) mass is 226 g/mol. The molecule has 1 rings (SSSR count). The van der Waals surface area contributed by atoms with Crippen molar-refractivity contribution < 1.29 is 10.2 Å². The zero-order valence-electron chi connectivity index (χ0n) is 7.97. The molecule has 4 nitrogen and oxygen atoms in total. The minimum absolute atomic E-state index is 0.192. The van der Waals surface area contributed by atoms with Crippen LogP contribution in [0, 0.1) is 11.3 Å². The first-order valence-corrected chi connectivity index (χ1v) is 5.01. The van der Waals surface area contributed by atoms with Crippen LogP contribution >= 0.6 is 11.6 Å². The van der Waals surface area contributed by atoms with Gasteiger partial charge in [-0.05, 0) is 18.6 Å². The second kappa shape index (κ2) is 5.66. The smallest absolute Gasteiger partial charge is 0.123 e. The normalized spacial score (nSPS) is 14.3. The van der Waals surface area contributed by atoms with Gasteiger partial charge in [-0.3, -0.25) is 4.98 Å². The van der Waals surface area contributed by atoms with Crippen LogP contribution < -0.4 is 0 Å². The quantitative estimate of drug-likeness (QED) is 0.751. The topological polar surface area (TPSA) is 77.1 Å². The molecule has 2 atom stereocenters. The van der Waals surface area contributed by atoms with E-state index in [0.717, 1.165) is 0 Å². The molecule has 2 N–H and O–H groups in total. The van der Waals surface area contributed by atoms with Gasteiger partial charge in [0.25, 0.3) is 0 Å². The van der Waals surface area contributed by atoms with Crippen LogP contribution in [0.4, 0.5) is 0 Å². The first-order valence-electron chi connectivity index (χ1n) is 4.47. The molecule has 1 heterocycles. The number of aliphatic hydroxyl groups excluding tert-OH is 2. The van der Waals surface area contributed by atoms with E-state index in [9.17, 15) is 10.2 Å². The van der Waals surface area contributed by atoms with Gasteiger partial charge in [0.1, 0.15) is 12.2 Å². The summed E-state index contributed by atoms with van der Waals surface area (Å²) in [7, 11) is 0. The van der Waals surface area contributed by atoms with Crippen molar-refractivity contribution in [3.05, 3.63) is 29.6 Å². The number of halogens is 1. The van der Waals surface area contributed by atoms with Gasteiger partial charge in [-0.15, -0.1) is 11.6 Å². The van der Waals surface area contributed by atoms with Crippen molar-refractivity contribution in [2.45, 2.75) is 18.6 Å². The highest BCUT2D eigenvalue weighted by atomic mass is 35.5. The number of aromatic nitrogens is 1. The molecule has 1 aromatic rings. The Bertz CT molecular complexity index is 365. The van der Waals surface area contributed by atoms with Crippen molar-refractivity contribution in [1.29, 1.82) is 5.26 Å². The zero-order chi connectivity index (χ0) is 11.3. The Kier molecular flexibility index (Phi) is 4.50. The van der Waals surface area contributed by atoms with E-state index in [-0.39, 0.29) is 23.6 Å². The van der Waals surface area contributed by atoms with E-state index in [0.29, 0.717) is 0 Å².